The van der Waals surface area contributed by atoms with Crippen LogP contribution in [0.15, 0.2) is 0 Å². The fraction of sp³-hybridized carbons (Fsp3) is 0.667. The predicted molar refractivity (Wildman–Crippen MR) is 62.9 cm³/mol. The first-order valence-corrected chi connectivity index (χ1v) is 7.10. The molecule has 0 aliphatic carbocycles. The van der Waals surface area contributed by atoms with Crippen molar-refractivity contribution in [3.63, 3.8) is 0 Å². The topological polar surface area (TPSA) is 104 Å². The van der Waals surface area contributed by atoms with Crippen LogP contribution in [-0.4, -0.2) is 17.7 Å². The van der Waals surface area contributed by atoms with Gasteiger partial charge in [-0.15, -0.1) is 0 Å². The van der Waals surface area contributed by atoms with Crippen molar-refractivity contribution in [2.24, 2.45) is 0 Å². The van der Waals surface area contributed by atoms with Gasteiger partial charge in [-0.2, -0.15) is 0 Å². The van der Waals surface area contributed by atoms with Crippen LogP contribution in [-0.2, 0) is 18.9 Å². The molecule has 0 unspecified atom stereocenters. The van der Waals surface area contributed by atoms with Gasteiger partial charge in [-0.3, -0.25) is 34.2 Å². The number of amides is 3. The molecule has 17 heavy (non-hydrogen) atoms. The minimum atomic E-state index is -3.74. The standard InChI is InChI=1S/C9H18N3O4P/c1-4-7(13)10-17(16,11-8(14)5-2)12-9(15)6-3/h4-6H2,1-3H3,(H3,10,11,12,13,14,15,16). The summed E-state index contributed by atoms with van der Waals surface area (Å²) in [7, 11) is -3.74. The van der Waals surface area contributed by atoms with Crippen molar-refractivity contribution in [1.29, 1.82) is 0 Å². The van der Waals surface area contributed by atoms with Crippen LogP contribution < -0.4 is 15.3 Å². The average molecular weight is 263 g/mol. The van der Waals surface area contributed by atoms with Crippen molar-refractivity contribution in [2.75, 3.05) is 0 Å². The second-order valence-electron chi connectivity index (χ2n) is 3.27. The Labute approximate surface area is 100 Å². The molecule has 0 fully saturated rings. The molecular formula is C9H18N3O4P. The monoisotopic (exact) mass is 263 g/mol. The van der Waals surface area contributed by atoms with Crippen LogP contribution in [0.2, 0.25) is 0 Å². The van der Waals surface area contributed by atoms with E-state index >= 15 is 0 Å². The predicted octanol–water partition coefficient (Wildman–Crippen LogP) is 0.673. The van der Waals surface area contributed by atoms with E-state index in [0.29, 0.717) is 0 Å². The highest BCUT2D eigenvalue weighted by atomic mass is 31.2. The highest BCUT2D eigenvalue weighted by molar-refractivity contribution is 7.60. The van der Waals surface area contributed by atoms with Crippen molar-refractivity contribution in [2.45, 2.75) is 40.0 Å². The molecule has 0 aromatic rings. The first-order valence-electron chi connectivity index (χ1n) is 5.40. The number of hydrogen-bond acceptors (Lipinski definition) is 4. The SMILES string of the molecule is CCC(=O)NP(=O)(NC(=O)CC)NC(=O)CC. The van der Waals surface area contributed by atoms with Crippen LogP contribution in [0.3, 0.4) is 0 Å². The van der Waals surface area contributed by atoms with Gasteiger partial charge in [0.05, 0.1) is 0 Å². The van der Waals surface area contributed by atoms with E-state index < -0.39 is 25.3 Å². The molecular weight excluding hydrogens is 245 g/mol. The Morgan fingerprint density at radius 2 is 1.00 bits per heavy atom. The molecule has 0 aromatic heterocycles. The summed E-state index contributed by atoms with van der Waals surface area (Å²) in [4.78, 5) is 33.5. The Morgan fingerprint density at radius 1 is 0.765 bits per heavy atom. The summed E-state index contributed by atoms with van der Waals surface area (Å²) in [6.45, 7) is 4.72. The Kier molecular flexibility index (Phi) is 6.50. The molecule has 0 bridgehead atoms. The summed E-state index contributed by atoms with van der Waals surface area (Å²) >= 11 is 0. The van der Waals surface area contributed by atoms with E-state index in [1.165, 1.54) is 0 Å². The van der Waals surface area contributed by atoms with Crippen molar-refractivity contribution < 1.29 is 18.9 Å². The first kappa shape index (κ1) is 15.6. The van der Waals surface area contributed by atoms with Gasteiger partial charge in [-0.25, -0.2) is 0 Å². The van der Waals surface area contributed by atoms with Gasteiger partial charge < -0.3 is 0 Å². The lowest BCUT2D eigenvalue weighted by Crippen LogP contribution is -2.39. The zero-order valence-electron chi connectivity index (χ0n) is 10.2. The fourth-order valence-corrected chi connectivity index (χ4v) is 2.54. The maximum atomic E-state index is 12.1. The normalized spacial score (nSPS) is 10.5. The highest BCUT2D eigenvalue weighted by Gasteiger charge is 2.27. The third kappa shape index (κ3) is 6.06. The molecule has 0 radical (unpaired) electrons. The van der Waals surface area contributed by atoms with E-state index in [2.05, 4.69) is 15.3 Å². The smallest absolute Gasteiger partial charge is 0.275 e. The van der Waals surface area contributed by atoms with Gasteiger partial charge in [0.15, 0.2) is 0 Å². The van der Waals surface area contributed by atoms with Crippen molar-refractivity contribution in [3.05, 3.63) is 0 Å². The van der Waals surface area contributed by atoms with E-state index in [9.17, 15) is 18.9 Å². The Morgan fingerprint density at radius 3 is 1.18 bits per heavy atom. The molecule has 0 aromatic carbocycles. The molecule has 7 nitrogen and oxygen atoms in total. The van der Waals surface area contributed by atoms with Crippen LogP contribution in [0.5, 0.6) is 0 Å². The second kappa shape index (κ2) is 7.06. The molecule has 0 atom stereocenters. The molecule has 0 rings (SSSR count). The van der Waals surface area contributed by atoms with Crippen LogP contribution >= 0.6 is 7.59 Å². The van der Waals surface area contributed by atoms with Crippen LogP contribution in [0.25, 0.3) is 0 Å². The second-order valence-corrected chi connectivity index (χ2v) is 5.16. The van der Waals surface area contributed by atoms with Gasteiger partial charge >= 0.3 is 7.59 Å². The zero-order chi connectivity index (χ0) is 13.5. The average Bonchev–Trinajstić information content (AvgIpc) is 2.27. The number of carbonyl (C=O) groups is 3. The maximum Gasteiger partial charge on any atom is 0.359 e. The van der Waals surface area contributed by atoms with Gasteiger partial charge in [-0.1, -0.05) is 20.8 Å². The fourth-order valence-electron chi connectivity index (χ4n) is 0.848. The third-order valence-electron chi connectivity index (χ3n) is 1.81. The Hall–Kier alpha value is -1.36. The molecule has 98 valence electrons. The van der Waals surface area contributed by atoms with E-state index in [1.807, 2.05) is 0 Å². The van der Waals surface area contributed by atoms with E-state index in [-0.39, 0.29) is 19.3 Å². The van der Waals surface area contributed by atoms with Gasteiger partial charge in [-0.05, 0) is 0 Å². The Balaban J connectivity index is 4.80. The lowest BCUT2D eigenvalue weighted by molar-refractivity contribution is -0.119. The lowest BCUT2D eigenvalue weighted by Gasteiger charge is -2.20. The maximum absolute atomic E-state index is 12.1. The number of carbonyl (C=O) groups excluding carboxylic acids is 3. The van der Waals surface area contributed by atoms with Crippen molar-refractivity contribution in [3.8, 4) is 0 Å². The number of hydrogen-bond donors (Lipinski definition) is 3. The van der Waals surface area contributed by atoms with E-state index in [1.54, 1.807) is 20.8 Å². The van der Waals surface area contributed by atoms with Gasteiger partial charge in [0.1, 0.15) is 0 Å². The third-order valence-corrected chi connectivity index (χ3v) is 3.50. The molecule has 0 spiro atoms. The van der Waals surface area contributed by atoms with E-state index in [0.717, 1.165) is 0 Å². The highest BCUT2D eigenvalue weighted by Crippen LogP contribution is 2.30. The summed E-state index contributed by atoms with van der Waals surface area (Å²) in [5, 5.41) is 6.38. The van der Waals surface area contributed by atoms with Gasteiger partial charge in [0.25, 0.3) is 0 Å². The largest absolute Gasteiger partial charge is 0.359 e. The van der Waals surface area contributed by atoms with Crippen LogP contribution in [0.4, 0.5) is 0 Å². The molecule has 3 amide bonds. The minimum absolute atomic E-state index is 0.105. The first-order chi connectivity index (χ1) is 7.86. The van der Waals surface area contributed by atoms with E-state index in [4.69, 9.17) is 0 Å². The summed E-state index contributed by atoms with van der Waals surface area (Å²) < 4.78 is 12.1. The number of rotatable bonds is 6. The Bertz CT molecular complexity index is 304. The van der Waals surface area contributed by atoms with Gasteiger partial charge in [0, 0.05) is 19.3 Å². The summed E-state index contributed by atoms with van der Waals surface area (Å²) in [6, 6.07) is 0. The molecule has 3 N–H and O–H groups in total. The van der Waals surface area contributed by atoms with Crippen LogP contribution in [0, 0.1) is 0 Å². The van der Waals surface area contributed by atoms with Crippen molar-refractivity contribution >= 4 is 25.3 Å². The molecule has 0 aliphatic heterocycles. The summed E-state index contributed by atoms with van der Waals surface area (Å²) in [6.07, 6.45) is 0.315. The molecule has 0 saturated carbocycles. The van der Waals surface area contributed by atoms with Gasteiger partial charge in [0.2, 0.25) is 17.7 Å². The molecule has 0 saturated heterocycles. The van der Waals surface area contributed by atoms with Crippen molar-refractivity contribution in [1.82, 2.24) is 15.3 Å². The lowest BCUT2D eigenvalue weighted by atomic mass is 10.5. The van der Waals surface area contributed by atoms with Crippen LogP contribution in [0.1, 0.15) is 40.0 Å². The minimum Gasteiger partial charge on any atom is -0.275 e. The summed E-state index contributed by atoms with van der Waals surface area (Å²) in [5.41, 5.74) is 0. The summed E-state index contributed by atoms with van der Waals surface area (Å²) in [5.74, 6) is -1.54. The number of nitrogens with one attached hydrogen (secondary N) is 3. The molecule has 0 heterocycles. The zero-order valence-corrected chi connectivity index (χ0v) is 11.1. The molecule has 8 heteroatoms. The molecule has 0 aliphatic rings. The quantitative estimate of drug-likeness (QED) is 0.612.